The number of rotatable bonds is 4. The summed E-state index contributed by atoms with van der Waals surface area (Å²) in [6.45, 7) is 4.31. The molecule has 1 N–H and O–H groups in total. The molecule has 2 aromatic carbocycles. The maximum atomic E-state index is 12.9. The van der Waals surface area contributed by atoms with E-state index in [9.17, 15) is 4.79 Å². The van der Waals surface area contributed by atoms with Crippen LogP contribution in [0.1, 0.15) is 28.8 Å². The number of hydrogen-bond acceptors (Lipinski definition) is 2. The van der Waals surface area contributed by atoms with Crippen LogP contribution in [-0.4, -0.2) is 35.5 Å². The molecule has 1 atom stereocenters. The summed E-state index contributed by atoms with van der Waals surface area (Å²) in [7, 11) is 0. The molecular formula is C22H24N2O2. The van der Waals surface area contributed by atoms with Gasteiger partial charge in [0.15, 0.2) is 0 Å². The third-order valence-corrected chi connectivity index (χ3v) is 5.08. The van der Waals surface area contributed by atoms with Gasteiger partial charge in [0.1, 0.15) is 5.75 Å². The van der Waals surface area contributed by atoms with Gasteiger partial charge in [0.05, 0.1) is 6.61 Å². The summed E-state index contributed by atoms with van der Waals surface area (Å²) in [6, 6.07) is 16.0. The second kappa shape index (κ2) is 7.24. The van der Waals surface area contributed by atoms with Gasteiger partial charge in [-0.3, -0.25) is 4.79 Å². The molecule has 0 aliphatic carbocycles. The Morgan fingerprint density at radius 1 is 1.23 bits per heavy atom. The number of carbonyl (C=O) groups is 1. The van der Waals surface area contributed by atoms with Crippen molar-refractivity contribution in [3.63, 3.8) is 0 Å². The number of benzene rings is 2. The first kappa shape index (κ1) is 16.7. The Hall–Kier alpha value is -2.75. The quantitative estimate of drug-likeness (QED) is 0.759. The fourth-order valence-electron chi connectivity index (χ4n) is 3.67. The Kier molecular flexibility index (Phi) is 4.65. The highest BCUT2D eigenvalue weighted by Crippen LogP contribution is 2.22. The SMILES string of the molecule is Cc1cccc(OCC2CCCN(C(=O)c3ccc4[nH]ccc4c3)C2)c1. The topological polar surface area (TPSA) is 45.3 Å². The van der Waals surface area contributed by atoms with E-state index in [1.807, 2.05) is 47.5 Å². The molecule has 3 aromatic rings. The second-order valence-electron chi connectivity index (χ2n) is 7.17. The minimum absolute atomic E-state index is 0.119. The number of aromatic nitrogens is 1. The van der Waals surface area contributed by atoms with Crippen molar-refractivity contribution >= 4 is 16.8 Å². The fourth-order valence-corrected chi connectivity index (χ4v) is 3.67. The van der Waals surface area contributed by atoms with Gasteiger partial charge >= 0.3 is 0 Å². The van der Waals surface area contributed by atoms with E-state index >= 15 is 0 Å². The van der Waals surface area contributed by atoms with Crippen molar-refractivity contribution < 1.29 is 9.53 Å². The number of fused-ring (bicyclic) bond motifs is 1. The molecule has 1 amide bonds. The van der Waals surface area contributed by atoms with E-state index in [4.69, 9.17) is 4.74 Å². The normalized spacial score (nSPS) is 17.4. The first-order chi connectivity index (χ1) is 12.7. The smallest absolute Gasteiger partial charge is 0.253 e. The zero-order chi connectivity index (χ0) is 17.9. The van der Waals surface area contributed by atoms with Crippen LogP contribution in [-0.2, 0) is 0 Å². The van der Waals surface area contributed by atoms with Crippen LogP contribution >= 0.6 is 0 Å². The number of nitrogens with one attached hydrogen (secondary N) is 1. The Balaban J connectivity index is 1.40. The van der Waals surface area contributed by atoms with Crippen LogP contribution in [0.4, 0.5) is 0 Å². The third kappa shape index (κ3) is 3.59. The molecule has 1 saturated heterocycles. The lowest BCUT2D eigenvalue weighted by Crippen LogP contribution is -2.41. The van der Waals surface area contributed by atoms with E-state index in [1.54, 1.807) is 0 Å². The van der Waals surface area contributed by atoms with Crippen LogP contribution in [0, 0.1) is 12.8 Å². The maximum Gasteiger partial charge on any atom is 0.253 e. The highest BCUT2D eigenvalue weighted by Gasteiger charge is 2.25. The van der Waals surface area contributed by atoms with Crippen molar-refractivity contribution in [2.24, 2.45) is 5.92 Å². The van der Waals surface area contributed by atoms with Crippen molar-refractivity contribution in [1.82, 2.24) is 9.88 Å². The van der Waals surface area contributed by atoms with Crippen LogP contribution in [0.3, 0.4) is 0 Å². The van der Waals surface area contributed by atoms with Crippen molar-refractivity contribution in [1.29, 1.82) is 0 Å². The minimum atomic E-state index is 0.119. The number of aryl methyl sites for hydroxylation is 1. The second-order valence-corrected chi connectivity index (χ2v) is 7.17. The zero-order valence-corrected chi connectivity index (χ0v) is 15.1. The van der Waals surface area contributed by atoms with Crippen LogP contribution in [0.15, 0.2) is 54.7 Å². The monoisotopic (exact) mass is 348 g/mol. The van der Waals surface area contributed by atoms with E-state index in [-0.39, 0.29) is 5.91 Å². The standard InChI is InChI=1S/C22H24N2O2/c1-16-4-2-6-20(12-16)26-15-17-5-3-11-24(14-17)22(25)19-7-8-21-18(13-19)9-10-23-21/h2,4,6-10,12-13,17,23H,3,5,11,14-15H2,1H3. The summed E-state index contributed by atoms with van der Waals surface area (Å²) in [5, 5.41) is 1.08. The van der Waals surface area contributed by atoms with Gasteiger partial charge in [0.2, 0.25) is 0 Å². The average molecular weight is 348 g/mol. The van der Waals surface area contributed by atoms with Crippen molar-refractivity contribution in [3.05, 3.63) is 65.9 Å². The average Bonchev–Trinajstić information content (AvgIpc) is 3.14. The molecule has 1 aliphatic rings. The number of aromatic amines is 1. The number of piperidine rings is 1. The third-order valence-electron chi connectivity index (χ3n) is 5.08. The number of H-pyrrole nitrogens is 1. The highest BCUT2D eigenvalue weighted by molar-refractivity contribution is 5.98. The van der Waals surface area contributed by atoms with Gasteiger partial charge in [-0.25, -0.2) is 0 Å². The predicted octanol–water partition coefficient (Wildman–Crippen LogP) is 4.41. The molecule has 4 nitrogen and oxygen atoms in total. The molecule has 0 spiro atoms. The summed E-state index contributed by atoms with van der Waals surface area (Å²) < 4.78 is 5.97. The van der Waals surface area contributed by atoms with E-state index in [2.05, 4.69) is 24.0 Å². The molecule has 4 rings (SSSR count). The Morgan fingerprint density at radius 3 is 3.04 bits per heavy atom. The molecule has 4 heteroatoms. The summed E-state index contributed by atoms with van der Waals surface area (Å²) in [5.74, 6) is 1.41. The molecule has 134 valence electrons. The molecule has 1 unspecified atom stereocenters. The predicted molar refractivity (Wildman–Crippen MR) is 104 cm³/mol. The Morgan fingerprint density at radius 2 is 2.15 bits per heavy atom. The number of amides is 1. The van der Waals surface area contributed by atoms with E-state index < -0.39 is 0 Å². The number of carbonyl (C=O) groups excluding carboxylic acids is 1. The Bertz CT molecular complexity index is 915. The molecule has 1 fully saturated rings. The summed E-state index contributed by atoms with van der Waals surface area (Å²) >= 11 is 0. The molecule has 0 bridgehead atoms. The lowest BCUT2D eigenvalue weighted by atomic mass is 9.98. The number of likely N-dealkylation sites (tertiary alicyclic amines) is 1. The molecule has 1 aromatic heterocycles. The van der Waals surface area contributed by atoms with Gasteiger partial charge < -0.3 is 14.6 Å². The van der Waals surface area contributed by atoms with E-state index in [0.717, 1.165) is 48.1 Å². The van der Waals surface area contributed by atoms with Gasteiger partial charge in [-0.15, -0.1) is 0 Å². The summed E-state index contributed by atoms with van der Waals surface area (Å²) in [5.41, 5.74) is 3.02. The van der Waals surface area contributed by atoms with Crippen molar-refractivity contribution in [2.45, 2.75) is 19.8 Å². The first-order valence-electron chi connectivity index (χ1n) is 9.25. The number of nitrogens with zero attached hydrogens (tertiary/aromatic N) is 1. The summed E-state index contributed by atoms with van der Waals surface area (Å²) in [4.78, 5) is 18.0. The van der Waals surface area contributed by atoms with Crippen LogP contribution in [0.25, 0.3) is 10.9 Å². The van der Waals surface area contributed by atoms with Crippen LogP contribution in [0.2, 0.25) is 0 Å². The largest absolute Gasteiger partial charge is 0.493 e. The van der Waals surface area contributed by atoms with Gasteiger partial charge in [0, 0.05) is 41.7 Å². The van der Waals surface area contributed by atoms with E-state index in [1.165, 1.54) is 5.56 Å². The van der Waals surface area contributed by atoms with Gasteiger partial charge in [-0.2, -0.15) is 0 Å². The van der Waals surface area contributed by atoms with Crippen molar-refractivity contribution in [3.8, 4) is 5.75 Å². The van der Waals surface area contributed by atoms with Gasteiger partial charge in [-0.1, -0.05) is 12.1 Å². The first-order valence-corrected chi connectivity index (χ1v) is 9.25. The van der Waals surface area contributed by atoms with Crippen LogP contribution < -0.4 is 4.74 Å². The lowest BCUT2D eigenvalue weighted by molar-refractivity contribution is 0.0633. The molecule has 0 radical (unpaired) electrons. The minimum Gasteiger partial charge on any atom is -0.493 e. The van der Waals surface area contributed by atoms with E-state index in [0.29, 0.717) is 12.5 Å². The molecular weight excluding hydrogens is 324 g/mol. The molecule has 0 saturated carbocycles. The lowest BCUT2D eigenvalue weighted by Gasteiger charge is -2.32. The number of ether oxygens (including phenoxy) is 1. The fraction of sp³-hybridized carbons (Fsp3) is 0.318. The molecule has 26 heavy (non-hydrogen) atoms. The summed E-state index contributed by atoms with van der Waals surface area (Å²) in [6.07, 6.45) is 4.03. The van der Waals surface area contributed by atoms with Gasteiger partial charge in [0.25, 0.3) is 5.91 Å². The highest BCUT2D eigenvalue weighted by atomic mass is 16.5. The van der Waals surface area contributed by atoms with Crippen molar-refractivity contribution in [2.75, 3.05) is 19.7 Å². The van der Waals surface area contributed by atoms with Crippen LogP contribution in [0.5, 0.6) is 5.75 Å². The van der Waals surface area contributed by atoms with Gasteiger partial charge in [-0.05, 0) is 61.7 Å². The molecule has 1 aliphatic heterocycles. The Labute approximate surface area is 153 Å². The number of hydrogen-bond donors (Lipinski definition) is 1. The maximum absolute atomic E-state index is 12.9. The zero-order valence-electron chi connectivity index (χ0n) is 15.1. The molecule has 2 heterocycles.